The summed E-state index contributed by atoms with van der Waals surface area (Å²) in [5.74, 6) is 0.772. The summed E-state index contributed by atoms with van der Waals surface area (Å²) in [6.45, 7) is 7.79. The van der Waals surface area contributed by atoms with Crippen LogP contribution in [-0.4, -0.2) is 48.5 Å². The van der Waals surface area contributed by atoms with E-state index in [2.05, 4.69) is 0 Å². The van der Waals surface area contributed by atoms with Crippen molar-refractivity contribution in [3.8, 4) is 5.75 Å². The summed E-state index contributed by atoms with van der Waals surface area (Å²) in [7, 11) is 0. The Balaban J connectivity index is 1.84. The predicted molar refractivity (Wildman–Crippen MR) is 92.4 cm³/mol. The Kier molecular flexibility index (Phi) is 6.79. The first kappa shape index (κ1) is 18.5. The number of nitrogens with zero attached hydrogens (tertiary/aromatic N) is 1. The van der Waals surface area contributed by atoms with Gasteiger partial charge in [-0.1, -0.05) is 6.92 Å². The molecule has 5 heteroatoms. The summed E-state index contributed by atoms with van der Waals surface area (Å²) in [6.07, 6.45) is 1.47. The lowest BCUT2D eigenvalue weighted by Crippen LogP contribution is -2.50. The van der Waals surface area contributed by atoms with Crippen LogP contribution in [0.1, 0.15) is 50.4 Å². The monoisotopic (exact) mass is 333 g/mol. The van der Waals surface area contributed by atoms with Crippen LogP contribution in [0.25, 0.3) is 0 Å². The summed E-state index contributed by atoms with van der Waals surface area (Å²) < 4.78 is 11.0. The fourth-order valence-electron chi connectivity index (χ4n) is 2.72. The minimum atomic E-state index is -0.0145. The number of amides is 1. The Morgan fingerprint density at radius 3 is 2.58 bits per heavy atom. The largest absolute Gasteiger partial charge is 0.494 e. The molecule has 1 aliphatic heterocycles. The Labute approximate surface area is 143 Å². The average molecular weight is 333 g/mol. The smallest absolute Gasteiger partial charge is 0.223 e. The van der Waals surface area contributed by atoms with Crippen molar-refractivity contribution in [3.05, 3.63) is 29.8 Å². The fraction of sp³-hybridized carbons (Fsp3) is 0.579. The van der Waals surface area contributed by atoms with Gasteiger partial charge < -0.3 is 14.4 Å². The van der Waals surface area contributed by atoms with Gasteiger partial charge in [0.2, 0.25) is 5.91 Å². The van der Waals surface area contributed by atoms with Gasteiger partial charge in [-0.2, -0.15) is 0 Å². The molecule has 0 aliphatic carbocycles. The average Bonchev–Trinajstić information content (AvgIpc) is 2.60. The van der Waals surface area contributed by atoms with Crippen LogP contribution in [0.2, 0.25) is 0 Å². The Bertz CT molecular complexity index is 555. The van der Waals surface area contributed by atoms with E-state index in [1.807, 2.05) is 25.7 Å². The SMILES string of the molecule is CCCOc1ccc(C(=O)CCC(=O)N2CC(C)OCC2C)cc1. The molecular weight excluding hydrogens is 306 g/mol. The van der Waals surface area contributed by atoms with E-state index < -0.39 is 0 Å². The molecular formula is C19H27NO4. The van der Waals surface area contributed by atoms with Crippen molar-refractivity contribution in [3.63, 3.8) is 0 Å². The highest BCUT2D eigenvalue weighted by molar-refractivity contribution is 5.98. The van der Waals surface area contributed by atoms with Crippen LogP contribution in [0, 0.1) is 0 Å². The highest BCUT2D eigenvalue weighted by atomic mass is 16.5. The number of carbonyl (C=O) groups excluding carboxylic acids is 2. The van der Waals surface area contributed by atoms with Crippen LogP contribution >= 0.6 is 0 Å². The molecule has 0 saturated carbocycles. The predicted octanol–water partition coefficient (Wildman–Crippen LogP) is 3.07. The molecule has 24 heavy (non-hydrogen) atoms. The van der Waals surface area contributed by atoms with Crippen molar-refractivity contribution in [2.45, 2.75) is 52.2 Å². The van der Waals surface area contributed by atoms with Gasteiger partial charge in [0.15, 0.2) is 5.78 Å². The van der Waals surface area contributed by atoms with Gasteiger partial charge in [0, 0.05) is 24.9 Å². The molecule has 2 rings (SSSR count). The van der Waals surface area contributed by atoms with Crippen molar-refractivity contribution in [1.29, 1.82) is 0 Å². The molecule has 0 aromatic heterocycles. The van der Waals surface area contributed by atoms with Crippen molar-refractivity contribution in [2.24, 2.45) is 0 Å². The molecule has 1 aromatic carbocycles. The normalized spacial score (nSPS) is 20.7. The second-order valence-electron chi connectivity index (χ2n) is 6.34. The van der Waals surface area contributed by atoms with E-state index in [0.29, 0.717) is 25.3 Å². The Hall–Kier alpha value is -1.88. The first-order valence-electron chi connectivity index (χ1n) is 8.68. The Morgan fingerprint density at radius 1 is 1.21 bits per heavy atom. The number of rotatable bonds is 7. The summed E-state index contributed by atoms with van der Waals surface area (Å²) in [5, 5.41) is 0. The van der Waals surface area contributed by atoms with E-state index in [1.54, 1.807) is 24.3 Å². The highest BCUT2D eigenvalue weighted by Gasteiger charge is 2.27. The van der Waals surface area contributed by atoms with E-state index in [-0.39, 0.29) is 36.7 Å². The number of hydrogen-bond donors (Lipinski definition) is 0. The summed E-state index contributed by atoms with van der Waals surface area (Å²) in [4.78, 5) is 26.4. The zero-order chi connectivity index (χ0) is 17.5. The molecule has 1 saturated heterocycles. The van der Waals surface area contributed by atoms with Gasteiger partial charge in [0.25, 0.3) is 0 Å². The van der Waals surface area contributed by atoms with Crippen LogP contribution in [0.5, 0.6) is 5.75 Å². The fourth-order valence-corrected chi connectivity index (χ4v) is 2.72. The molecule has 0 radical (unpaired) electrons. The number of ether oxygens (including phenoxy) is 2. The van der Waals surface area contributed by atoms with E-state index in [4.69, 9.17) is 9.47 Å². The third kappa shape index (κ3) is 5.06. The number of morpholine rings is 1. The molecule has 132 valence electrons. The second-order valence-corrected chi connectivity index (χ2v) is 6.34. The maximum absolute atomic E-state index is 12.4. The van der Waals surface area contributed by atoms with Crippen molar-refractivity contribution in [2.75, 3.05) is 19.8 Å². The molecule has 2 unspecified atom stereocenters. The molecule has 1 amide bonds. The summed E-state index contributed by atoms with van der Waals surface area (Å²) in [5.41, 5.74) is 0.620. The molecule has 1 aliphatic rings. The molecule has 2 atom stereocenters. The second kappa shape index (κ2) is 8.83. The van der Waals surface area contributed by atoms with E-state index in [9.17, 15) is 9.59 Å². The van der Waals surface area contributed by atoms with Gasteiger partial charge >= 0.3 is 0 Å². The van der Waals surface area contributed by atoms with Crippen molar-refractivity contribution in [1.82, 2.24) is 4.90 Å². The minimum absolute atomic E-state index is 0.0145. The topological polar surface area (TPSA) is 55.8 Å². The first-order valence-corrected chi connectivity index (χ1v) is 8.68. The van der Waals surface area contributed by atoms with E-state index >= 15 is 0 Å². The molecule has 1 fully saturated rings. The van der Waals surface area contributed by atoms with Crippen molar-refractivity contribution < 1.29 is 19.1 Å². The van der Waals surface area contributed by atoms with E-state index in [0.717, 1.165) is 12.2 Å². The zero-order valence-corrected chi connectivity index (χ0v) is 14.8. The Morgan fingerprint density at radius 2 is 1.92 bits per heavy atom. The summed E-state index contributed by atoms with van der Waals surface area (Å²) in [6, 6.07) is 7.19. The van der Waals surface area contributed by atoms with Gasteiger partial charge in [-0.25, -0.2) is 0 Å². The molecule has 5 nitrogen and oxygen atoms in total. The molecule has 0 N–H and O–H groups in total. The van der Waals surface area contributed by atoms with Crippen LogP contribution in [0.4, 0.5) is 0 Å². The third-order valence-corrected chi connectivity index (χ3v) is 4.14. The van der Waals surface area contributed by atoms with Crippen LogP contribution < -0.4 is 4.74 Å². The quantitative estimate of drug-likeness (QED) is 0.720. The van der Waals surface area contributed by atoms with Gasteiger partial charge in [-0.15, -0.1) is 0 Å². The molecule has 1 heterocycles. The van der Waals surface area contributed by atoms with Gasteiger partial charge in [0.1, 0.15) is 5.75 Å². The molecule has 0 spiro atoms. The number of hydrogen-bond acceptors (Lipinski definition) is 4. The van der Waals surface area contributed by atoms with E-state index in [1.165, 1.54) is 0 Å². The standard InChI is InChI=1S/C19H27NO4/c1-4-11-23-17-7-5-16(6-8-17)18(21)9-10-19(22)20-12-15(3)24-13-14(20)2/h5-8,14-15H,4,9-13H2,1-3H3. The highest BCUT2D eigenvalue weighted by Crippen LogP contribution is 2.16. The lowest BCUT2D eigenvalue weighted by molar-refractivity contribution is -0.143. The van der Waals surface area contributed by atoms with Crippen molar-refractivity contribution >= 4 is 11.7 Å². The third-order valence-electron chi connectivity index (χ3n) is 4.14. The van der Waals surface area contributed by atoms with Crippen LogP contribution in [0.3, 0.4) is 0 Å². The van der Waals surface area contributed by atoms with Gasteiger partial charge in [-0.3, -0.25) is 9.59 Å². The number of ketones is 1. The van der Waals surface area contributed by atoms with Gasteiger partial charge in [0.05, 0.1) is 25.4 Å². The maximum Gasteiger partial charge on any atom is 0.223 e. The molecule has 0 bridgehead atoms. The van der Waals surface area contributed by atoms with Gasteiger partial charge in [-0.05, 0) is 44.5 Å². The molecule has 1 aromatic rings. The van der Waals surface area contributed by atoms with Crippen LogP contribution in [-0.2, 0) is 9.53 Å². The summed E-state index contributed by atoms with van der Waals surface area (Å²) >= 11 is 0. The number of benzene rings is 1. The van der Waals surface area contributed by atoms with Crippen LogP contribution in [0.15, 0.2) is 24.3 Å². The zero-order valence-electron chi connectivity index (χ0n) is 14.8. The lowest BCUT2D eigenvalue weighted by atomic mass is 10.1. The number of Topliss-reactive ketones (excluding diaryl/α,β-unsaturated/α-hetero) is 1. The maximum atomic E-state index is 12.4. The minimum Gasteiger partial charge on any atom is -0.494 e. The lowest BCUT2D eigenvalue weighted by Gasteiger charge is -2.36. The number of carbonyl (C=O) groups is 2. The first-order chi connectivity index (χ1) is 11.5.